The number of carbonyl (C=O) groups is 2. The summed E-state index contributed by atoms with van der Waals surface area (Å²) in [6, 6.07) is 8.56. The smallest absolute Gasteiger partial charge is 0.331 e. The Morgan fingerprint density at radius 3 is 1.37 bits per heavy atom. The fraction of sp³-hybridized carbons (Fsp3) is 0.308. The van der Waals surface area contributed by atoms with Gasteiger partial charge in [0, 0.05) is 12.2 Å². The topological polar surface area (TPSA) is 192 Å². The van der Waals surface area contributed by atoms with Crippen molar-refractivity contribution < 1.29 is 59.2 Å². The van der Waals surface area contributed by atoms with E-state index in [9.17, 15) is 40.2 Å². The van der Waals surface area contributed by atoms with Crippen LogP contribution in [0.2, 0.25) is 0 Å². The molecule has 38 heavy (non-hydrogen) atoms. The third kappa shape index (κ3) is 6.61. The van der Waals surface area contributed by atoms with Crippen molar-refractivity contribution in [1.29, 1.82) is 0 Å². The molecular weight excluding hydrogens is 504 g/mol. The van der Waals surface area contributed by atoms with E-state index < -0.39 is 48.6 Å². The van der Waals surface area contributed by atoms with E-state index in [1.807, 2.05) is 0 Å². The number of aliphatic hydroxyl groups is 4. The van der Waals surface area contributed by atoms with Gasteiger partial charge in [-0.1, -0.05) is 12.1 Å². The van der Waals surface area contributed by atoms with E-state index in [1.54, 1.807) is 0 Å². The lowest BCUT2D eigenvalue weighted by atomic mass is 9.84. The van der Waals surface area contributed by atoms with Gasteiger partial charge in [0.2, 0.25) is 0 Å². The van der Waals surface area contributed by atoms with Gasteiger partial charge in [-0.2, -0.15) is 0 Å². The van der Waals surface area contributed by atoms with Crippen LogP contribution in [-0.4, -0.2) is 93.4 Å². The van der Waals surface area contributed by atoms with Crippen molar-refractivity contribution in [3.63, 3.8) is 0 Å². The average Bonchev–Trinajstić information content (AvgIpc) is 2.91. The highest BCUT2D eigenvalue weighted by Crippen LogP contribution is 2.29. The quantitative estimate of drug-likeness (QED) is 0.199. The number of rotatable bonds is 8. The minimum absolute atomic E-state index is 0.109. The Labute approximate surface area is 217 Å². The summed E-state index contributed by atoms with van der Waals surface area (Å²) in [4.78, 5) is 24.9. The molecule has 2 aromatic carbocycles. The number of ether oxygens (including phenoxy) is 4. The first-order valence-electron chi connectivity index (χ1n) is 11.3. The van der Waals surface area contributed by atoms with E-state index in [2.05, 4.69) is 0 Å². The van der Waals surface area contributed by atoms with E-state index in [-0.39, 0.29) is 23.0 Å². The Kier molecular flexibility index (Phi) is 9.31. The molecule has 1 saturated carbocycles. The molecule has 0 aliphatic heterocycles. The molecule has 204 valence electrons. The first kappa shape index (κ1) is 28.5. The fourth-order valence-electron chi connectivity index (χ4n) is 3.73. The Morgan fingerprint density at radius 2 is 1.03 bits per heavy atom. The summed E-state index contributed by atoms with van der Waals surface area (Å²) < 4.78 is 20.4. The van der Waals surface area contributed by atoms with Gasteiger partial charge >= 0.3 is 11.9 Å². The van der Waals surface area contributed by atoms with Crippen LogP contribution in [0.5, 0.6) is 23.0 Å². The first-order valence-corrected chi connectivity index (χ1v) is 11.3. The molecule has 0 unspecified atom stereocenters. The van der Waals surface area contributed by atoms with E-state index in [4.69, 9.17) is 18.9 Å². The van der Waals surface area contributed by atoms with E-state index in [1.165, 1.54) is 62.8 Å². The number of hydrogen-bond donors (Lipinski definition) is 6. The lowest BCUT2D eigenvalue weighted by Gasteiger charge is -2.42. The van der Waals surface area contributed by atoms with Gasteiger partial charge in [-0.25, -0.2) is 9.59 Å². The highest BCUT2D eigenvalue weighted by Gasteiger charge is 2.52. The first-order chi connectivity index (χ1) is 18.0. The zero-order valence-corrected chi connectivity index (χ0v) is 20.4. The lowest BCUT2D eigenvalue weighted by molar-refractivity contribution is -0.238. The summed E-state index contributed by atoms with van der Waals surface area (Å²) in [6.45, 7) is 0. The summed E-state index contributed by atoms with van der Waals surface area (Å²) in [7, 11) is 2.70. The summed E-state index contributed by atoms with van der Waals surface area (Å²) >= 11 is 0. The molecule has 0 saturated heterocycles. The number of methoxy groups -OCH3 is 2. The minimum Gasteiger partial charge on any atom is -0.504 e. The number of aromatic hydroxyl groups is 2. The molecule has 1 aliphatic rings. The van der Waals surface area contributed by atoms with E-state index in [0.29, 0.717) is 11.1 Å². The van der Waals surface area contributed by atoms with Crippen molar-refractivity contribution in [3.05, 3.63) is 59.7 Å². The van der Waals surface area contributed by atoms with Crippen molar-refractivity contribution in [2.45, 2.75) is 36.6 Å². The predicted molar refractivity (Wildman–Crippen MR) is 131 cm³/mol. The molecule has 3 rings (SSSR count). The maximum absolute atomic E-state index is 12.5. The van der Waals surface area contributed by atoms with E-state index >= 15 is 0 Å². The maximum atomic E-state index is 12.5. The number of phenolic OH excluding ortho intramolecular Hbond substituents is 2. The van der Waals surface area contributed by atoms with Crippen molar-refractivity contribution in [2.24, 2.45) is 0 Å². The second-order valence-electron chi connectivity index (χ2n) is 8.29. The van der Waals surface area contributed by atoms with Crippen LogP contribution in [0.15, 0.2) is 48.6 Å². The van der Waals surface area contributed by atoms with Gasteiger partial charge < -0.3 is 49.6 Å². The Balaban J connectivity index is 1.75. The van der Waals surface area contributed by atoms with Gasteiger partial charge in [-0.05, 0) is 47.5 Å². The van der Waals surface area contributed by atoms with Gasteiger partial charge in [0.1, 0.15) is 24.4 Å². The van der Waals surface area contributed by atoms with E-state index in [0.717, 1.165) is 12.2 Å². The Hall–Kier alpha value is -4.10. The lowest BCUT2D eigenvalue weighted by Crippen LogP contribution is -2.65. The van der Waals surface area contributed by atoms with Crippen LogP contribution < -0.4 is 9.47 Å². The van der Waals surface area contributed by atoms with Gasteiger partial charge in [0.25, 0.3) is 0 Å². The van der Waals surface area contributed by atoms with Crippen molar-refractivity contribution in [1.82, 2.24) is 0 Å². The van der Waals surface area contributed by atoms with Crippen LogP contribution in [0, 0.1) is 0 Å². The molecule has 0 heterocycles. The molecule has 12 nitrogen and oxygen atoms in total. The molecule has 0 spiro atoms. The van der Waals surface area contributed by atoms with Crippen molar-refractivity contribution >= 4 is 24.1 Å². The minimum atomic E-state index is -1.90. The zero-order chi connectivity index (χ0) is 28.0. The molecule has 1 fully saturated rings. The van der Waals surface area contributed by atoms with Crippen LogP contribution in [0.3, 0.4) is 0 Å². The molecular formula is C26H28O12. The summed E-state index contributed by atoms with van der Waals surface area (Å²) in [5.41, 5.74) is 0.908. The summed E-state index contributed by atoms with van der Waals surface area (Å²) in [6.07, 6.45) is -6.49. The van der Waals surface area contributed by atoms with Gasteiger partial charge in [-0.15, -0.1) is 0 Å². The highest BCUT2D eigenvalue weighted by molar-refractivity contribution is 5.88. The number of phenols is 2. The highest BCUT2D eigenvalue weighted by atomic mass is 16.6. The van der Waals surface area contributed by atoms with Crippen LogP contribution >= 0.6 is 0 Å². The van der Waals surface area contributed by atoms with Crippen LogP contribution in [0.4, 0.5) is 0 Å². The maximum Gasteiger partial charge on any atom is 0.331 e. The second-order valence-corrected chi connectivity index (χ2v) is 8.29. The second kappa shape index (κ2) is 12.4. The van der Waals surface area contributed by atoms with Crippen LogP contribution in [-0.2, 0) is 19.1 Å². The third-order valence-electron chi connectivity index (χ3n) is 5.78. The molecule has 12 heteroatoms. The van der Waals surface area contributed by atoms with Gasteiger partial charge in [-0.3, -0.25) is 0 Å². The number of hydrogen-bond acceptors (Lipinski definition) is 12. The molecule has 0 radical (unpaired) electrons. The fourth-order valence-corrected chi connectivity index (χ4v) is 3.73. The monoisotopic (exact) mass is 532 g/mol. The Bertz CT molecular complexity index is 1110. The summed E-state index contributed by atoms with van der Waals surface area (Å²) in [5.74, 6) is -1.94. The molecule has 0 amide bonds. The third-order valence-corrected chi connectivity index (χ3v) is 5.78. The normalized spacial score (nSPS) is 25.3. The van der Waals surface area contributed by atoms with Gasteiger partial charge in [0.05, 0.1) is 14.2 Å². The summed E-state index contributed by atoms with van der Waals surface area (Å²) in [5, 5.41) is 60.3. The Morgan fingerprint density at radius 1 is 0.658 bits per heavy atom. The molecule has 2 aromatic rings. The standard InChI is InChI=1S/C26H28O12/c1-35-17-11-13(3-7-15(17)27)5-9-19(29)37-25-23(33)21(31)22(32)24(34)26(25)38-20(30)10-6-14-4-8-16(28)18(12-14)36-2/h3-12,21-28,31-34H,1-2H3/b9-5+,10-6+/t21-,22-,23+,24+,25-,26+/m0/s1. The molecule has 1 aliphatic carbocycles. The number of benzene rings is 2. The van der Waals surface area contributed by atoms with Crippen LogP contribution in [0.1, 0.15) is 11.1 Å². The molecule has 6 N–H and O–H groups in total. The number of aliphatic hydroxyl groups excluding tert-OH is 4. The van der Waals surface area contributed by atoms with Gasteiger partial charge in [0.15, 0.2) is 35.2 Å². The predicted octanol–water partition coefficient (Wildman–Crippen LogP) is 0.122. The molecule has 0 aromatic heterocycles. The largest absolute Gasteiger partial charge is 0.504 e. The molecule has 0 bridgehead atoms. The van der Waals surface area contributed by atoms with Crippen molar-refractivity contribution in [3.8, 4) is 23.0 Å². The SMILES string of the molecule is COc1cc(/C=C/C(=O)O[C@@H]2[C@H](O)[C@@H](O)[C@H](O)[C@@H](O)[C@@H]2OC(=O)/C=C/c2ccc(O)c(OC)c2)ccc1O. The zero-order valence-electron chi connectivity index (χ0n) is 20.4. The number of carbonyl (C=O) groups excluding carboxylic acids is 2. The van der Waals surface area contributed by atoms with Crippen LogP contribution in [0.25, 0.3) is 12.2 Å². The average molecular weight is 532 g/mol. The number of esters is 2. The molecule has 6 atom stereocenters. The van der Waals surface area contributed by atoms with Crippen molar-refractivity contribution in [2.75, 3.05) is 14.2 Å².